The summed E-state index contributed by atoms with van der Waals surface area (Å²) in [6.45, 7) is 6.39. The molecular weight excluding hydrogens is 286 g/mol. The highest BCUT2D eigenvalue weighted by Gasteiger charge is 2.07. The summed E-state index contributed by atoms with van der Waals surface area (Å²) in [6.07, 6.45) is 1.96. The van der Waals surface area contributed by atoms with E-state index in [2.05, 4.69) is 9.97 Å². The molecule has 0 bridgehead atoms. The molecule has 3 rings (SSSR count). The zero-order valence-electron chi connectivity index (χ0n) is 12.2. The van der Waals surface area contributed by atoms with Crippen molar-refractivity contribution in [3.05, 3.63) is 58.1 Å². The van der Waals surface area contributed by atoms with Gasteiger partial charge in [0.25, 0.3) is 0 Å². The molecule has 0 atom stereocenters. The minimum atomic E-state index is 0.407. The Hall–Kier alpha value is -2.07. The number of imidazole rings is 1. The summed E-state index contributed by atoms with van der Waals surface area (Å²) in [5, 5.41) is 0.711. The Morgan fingerprint density at radius 3 is 2.71 bits per heavy atom. The van der Waals surface area contributed by atoms with Crippen LogP contribution in [0.4, 0.5) is 0 Å². The summed E-state index contributed by atoms with van der Waals surface area (Å²) < 4.78 is 7.79. The molecule has 108 valence electrons. The number of rotatable bonds is 3. The maximum atomic E-state index is 5.94. The van der Waals surface area contributed by atoms with Crippen LogP contribution in [0.1, 0.15) is 22.6 Å². The van der Waals surface area contributed by atoms with Crippen molar-refractivity contribution in [3.8, 4) is 5.75 Å². The molecule has 0 fully saturated rings. The Morgan fingerprint density at radius 1 is 1.14 bits per heavy atom. The molecule has 0 saturated carbocycles. The summed E-state index contributed by atoms with van der Waals surface area (Å²) in [5.41, 5.74) is 3.94. The van der Waals surface area contributed by atoms with Crippen molar-refractivity contribution in [2.45, 2.75) is 27.4 Å². The number of aromatic nitrogens is 3. The monoisotopic (exact) mass is 301 g/mol. The van der Waals surface area contributed by atoms with Crippen molar-refractivity contribution in [2.75, 3.05) is 0 Å². The van der Waals surface area contributed by atoms with Crippen LogP contribution >= 0.6 is 11.6 Å². The second-order valence-corrected chi connectivity index (χ2v) is 5.58. The van der Waals surface area contributed by atoms with Gasteiger partial charge in [0.15, 0.2) is 0 Å². The van der Waals surface area contributed by atoms with Crippen LogP contribution in [-0.2, 0) is 6.61 Å². The van der Waals surface area contributed by atoms with Crippen molar-refractivity contribution in [1.82, 2.24) is 14.4 Å². The number of nitrogens with zero attached hydrogens (tertiary/aromatic N) is 3. The van der Waals surface area contributed by atoms with E-state index in [1.54, 1.807) is 0 Å². The van der Waals surface area contributed by atoms with E-state index in [4.69, 9.17) is 16.3 Å². The molecule has 5 heteroatoms. The fourth-order valence-electron chi connectivity index (χ4n) is 2.31. The first-order chi connectivity index (χ1) is 10.0. The number of fused-ring (bicyclic) bond motifs is 1. The Balaban J connectivity index is 1.83. The second kappa shape index (κ2) is 5.37. The van der Waals surface area contributed by atoms with Crippen molar-refractivity contribution >= 4 is 17.4 Å². The fourth-order valence-corrected chi connectivity index (χ4v) is 2.54. The number of hydrogen-bond donors (Lipinski definition) is 0. The third kappa shape index (κ3) is 2.85. The number of hydrogen-bond acceptors (Lipinski definition) is 3. The second-order valence-electron chi connectivity index (χ2n) is 5.14. The van der Waals surface area contributed by atoms with Crippen molar-refractivity contribution in [1.29, 1.82) is 0 Å². The summed E-state index contributed by atoms with van der Waals surface area (Å²) in [7, 11) is 0. The third-order valence-corrected chi connectivity index (χ3v) is 3.56. The van der Waals surface area contributed by atoms with Gasteiger partial charge in [0.05, 0.1) is 5.69 Å². The van der Waals surface area contributed by atoms with Crippen LogP contribution in [0.2, 0.25) is 5.02 Å². The minimum Gasteiger partial charge on any atom is -0.487 e. The number of halogens is 1. The lowest BCUT2D eigenvalue weighted by atomic mass is 10.2. The van der Waals surface area contributed by atoms with Gasteiger partial charge in [-0.05, 0) is 50.6 Å². The average Bonchev–Trinajstić information content (AvgIpc) is 2.81. The highest BCUT2D eigenvalue weighted by molar-refractivity contribution is 6.30. The molecule has 2 heterocycles. The van der Waals surface area contributed by atoms with Crippen LogP contribution in [0.25, 0.3) is 5.78 Å². The molecule has 2 aromatic heterocycles. The van der Waals surface area contributed by atoms with E-state index >= 15 is 0 Å². The van der Waals surface area contributed by atoms with Crippen LogP contribution in [0.3, 0.4) is 0 Å². The van der Waals surface area contributed by atoms with Crippen LogP contribution in [0.15, 0.2) is 30.5 Å². The molecule has 0 unspecified atom stereocenters. The van der Waals surface area contributed by atoms with Crippen molar-refractivity contribution in [2.24, 2.45) is 0 Å². The van der Waals surface area contributed by atoms with E-state index < -0.39 is 0 Å². The van der Waals surface area contributed by atoms with E-state index in [1.807, 2.05) is 55.6 Å². The number of benzene rings is 1. The third-order valence-electron chi connectivity index (χ3n) is 3.32. The summed E-state index contributed by atoms with van der Waals surface area (Å²) in [6, 6.07) is 7.61. The molecule has 0 spiro atoms. The van der Waals surface area contributed by atoms with Gasteiger partial charge in [-0.15, -0.1) is 0 Å². The Morgan fingerprint density at radius 2 is 1.95 bits per heavy atom. The number of aryl methyl sites for hydroxylation is 3. The first-order valence-electron chi connectivity index (χ1n) is 6.74. The average molecular weight is 302 g/mol. The maximum Gasteiger partial charge on any atom is 0.234 e. The predicted molar refractivity (Wildman–Crippen MR) is 83.0 cm³/mol. The molecule has 0 aliphatic carbocycles. The first-order valence-corrected chi connectivity index (χ1v) is 7.12. The smallest absolute Gasteiger partial charge is 0.234 e. The van der Waals surface area contributed by atoms with Gasteiger partial charge in [0, 0.05) is 22.6 Å². The van der Waals surface area contributed by atoms with Gasteiger partial charge in [-0.1, -0.05) is 11.6 Å². The molecule has 0 saturated heterocycles. The van der Waals surface area contributed by atoms with Gasteiger partial charge in [0.2, 0.25) is 5.78 Å². The first kappa shape index (κ1) is 13.9. The van der Waals surface area contributed by atoms with Gasteiger partial charge < -0.3 is 4.74 Å². The topological polar surface area (TPSA) is 39.4 Å². The number of ether oxygens (including phenoxy) is 1. The molecule has 3 aromatic rings. The zero-order chi connectivity index (χ0) is 15.0. The standard InChI is InChI=1S/C16H16ClN3O/c1-10-6-13(17)4-5-15(10)21-9-14-8-20-12(3)7-11(2)18-16(20)19-14/h4-8H,9H2,1-3H3. The molecule has 0 radical (unpaired) electrons. The molecule has 1 aromatic carbocycles. The fraction of sp³-hybridized carbons (Fsp3) is 0.250. The maximum absolute atomic E-state index is 5.94. The van der Waals surface area contributed by atoms with Crippen LogP contribution < -0.4 is 4.74 Å². The van der Waals surface area contributed by atoms with Crippen LogP contribution in [0, 0.1) is 20.8 Å². The van der Waals surface area contributed by atoms with Gasteiger partial charge in [-0.25, -0.2) is 9.97 Å². The highest BCUT2D eigenvalue weighted by Crippen LogP contribution is 2.22. The van der Waals surface area contributed by atoms with Crippen molar-refractivity contribution < 1.29 is 4.74 Å². The summed E-state index contributed by atoms with van der Waals surface area (Å²) in [4.78, 5) is 8.92. The minimum absolute atomic E-state index is 0.407. The van der Waals surface area contributed by atoms with Crippen molar-refractivity contribution in [3.63, 3.8) is 0 Å². The van der Waals surface area contributed by atoms with E-state index in [0.717, 1.165) is 28.4 Å². The van der Waals surface area contributed by atoms with Gasteiger partial charge in [-0.3, -0.25) is 4.40 Å². The normalized spacial score (nSPS) is 11.0. The van der Waals surface area contributed by atoms with Gasteiger partial charge in [0.1, 0.15) is 12.4 Å². The highest BCUT2D eigenvalue weighted by atomic mass is 35.5. The zero-order valence-corrected chi connectivity index (χ0v) is 13.0. The Labute approximate surface area is 128 Å². The molecule has 0 aliphatic heterocycles. The molecule has 0 N–H and O–H groups in total. The van der Waals surface area contributed by atoms with E-state index in [1.165, 1.54) is 0 Å². The van der Waals surface area contributed by atoms with Crippen LogP contribution in [0.5, 0.6) is 5.75 Å². The quantitative estimate of drug-likeness (QED) is 0.737. The lowest BCUT2D eigenvalue weighted by Crippen LogP contribution is -1.97. The lowest BCUT2D eigenvalue weighted by Gasteiger charge is -2.07. The Kier molecular flexibility index (Phi) is 3.55. The molecule has 0 amide bonds. The van der Waals surface area contributed by atoms with Crippen LogP contribution in [-0.4, -0.2) is 14.4 Å². The molecule has 21 heavy (non-hydrogen) atoms. The summed E-state index contributed by atoms with van der Waals surface area (Å²) in [5.74, 6) is 1.52. The SMILES string of the molecule is Cc1cc(C)n2cc(COc3ccc(Cl)cc3C)nc2n1. The lowest BCUT2D eigenvalue weighted by molar-refractivity contribution is 0.300. The summed E-state index contributed by atoms with van der Waals surface area (Å²) >= 11 is 5.94. The molecule has 4 nitrogen and oxygen atoms in total. The van der Waals surface area contributed by atoms with E-state index in [0.29, 0.717) is 17.4 Å². The molecule has 0 aliphatic rings. The largest absolute Gasteiger partial charge is 0.487 e. The predicted octanol–water partition coefficient (Wildman–Crippen LogP) is 3.89. The van der Waals surface area contributed by atoms with E-state index in [9.17, 15) is 0 Å². The molecular formula is C16H16ClN3O. The Bertz CT molecular complexity index is 811. The van der Waals surface area contributed by atoms with Gasteiger partial charge >= 0.3 is 0 Å². The van der Waals surface area contributed by atoms with Gasteiger partial charge in [-0.2, -0.15) is 0 Å². The van der Waals surface area contributed by atoms with E-state index in [-0.39, 0.29) is 0 Å².